The lowest BCUT2D eigenvalue weighted by molar-refractivity contribution is 0.0788. The number of H-pyrrole nitrogens is 1. The summed E-state index contributed by atoms with van der Waals surface area (Å²) in [6.45, 7) is 1.71. The summed E-state index contributed by atoms with van der Waals surface area (Å²) in [7, 11) is 1.76. The maximum Gasteiger partial charge on any atom is 0.322 e. The monoisotopic (exact) mass is 448 g/mol. The van der Waals surface area contributed by atoms with Crippen LogP contribution in [0.25, 0.3) is 0 Å². The Morgan fingerprint density at radius 2 is 2.18 bits per heavy atom. The maximum absolute atomic E-state index is 13.6. The number of fused-ring (bicyclic) bond motifs is 3. The third-order valence-corrected chi connectivity index (χ3v) is 6.13. The molecular formula is C22H21FN8O2. The van der Waals surface area contributed by atoms with Crippen LogP contribution < -0.4 is 5.32 Å². The topological polar surface area (TPSA) is 123 Å². The van der Waals surface area contributed by atoms with Crippen LogP contribution in [0.15, 0.2) is 30.5 Å². The van der Waals surface area contributed by atoms with E-state index in [1.165, 1.54) is 12.1 Å². The van der Waals surface area contributed by atoms with Crippen LogP contribution in [-0.4, -0.2) is 61.9 Å². The van der Waals surface area contributed by atoms with E-state index >= 15 is 0 Å². The number of carbonyl (C=O) groups is 2. The molecule has 3 amide bonds. The molecule has 3 aromatic rings. The summed E-state index contributed by atoms with van der Waals surface area (Å²) in [6.07, 6.45) is 2.20. The van der Waals surface area contributed by atoms with Gasteiger partial charge in [0.05, 0.1) is 24.3 Å². The van der Waals surface area contributed by atoms with Gasteiger partial charge >= 0.3 is 6.03 Å². The number of amides is 3. The Kier molecular flexibility index (Phi) is 5.05. The number of benzene rings is 1. The quantitative estimate of drug-likeness (QED) is 0.621. The van der Waals surface area contributed by atoms with Crippen molar-refractivity contribution >= 4 is 17.6 Å². The molecule has 5 rings (SSSR count). The minimum Gasteiger partial charge on any atom is -0.340 e. The number of hydrogen-bond acceptors (Lipinski definition) is 5. The molecule has 0 saturated carbocycles. The number of carbonyl (C=O) groups excluding carboxylic acids is 2. The average Bonchev–Trinajstić information content (AvgIpc) is 3.44. The Morgan fingerprint density at radius 1 is 1.33 bits per heavy atom. The number of aromatic nitrogens is 4. The van der Waals surface area contributed by atoms with E-state index in [-0.39, 0.29) is 30.0 Å². The fourth-order valence-electron chi connectivity index (χ4n) is 4.41. The lowest BCUT2D eigenvalue weighted by atomic mass is 10.0. The molecule has 0 saturated heterocycles. The number of nitrogens with one attached hydrogen (secondary N) is 2. The minimum absolute atomic E-state index is 0.0243. The van der Waals surface area contributed by atoms with Gasteiger partial charge in [-0.2, -0.15) is 15.5 Å². The van der Waals surface area contributed by atoms with Crippen molar-refractivity contribution in [2.75, 3.05) is 25.5 Å². The molecule has 0 aliphatic carbocycles. The molecule has 11 heteroatoms. The summed E-state index contributed by atoms with van der Waals surface area (Å²) >= 11 is 0. The SMILES string of the molecule is CN1CC(c2ccn[nH]2)Cn2nc3c(c2C1=O)CN(C(=O)Nc1ccc(F)c(C#N)c1)CC3. The van der Waals surface area contributed by atoms with Gasteiger partial charge in [0.2, 0.25) is 0 Å². The van der Waals surface area contributed by atoms with Gasteiger partial charge in [0.15, 0.2) is 0 Å². The first-order valence-electron chi connectivity index (χ1n) is 10.5. The molecule has 2 aromatic heterocycles. The zero-order valence-electron chi connectivity index (χ0n) is 17.9. The molecular weight excluding hydrogens is 427 g/mol. The van der Waals surface area contributed by atoms with Crippen molar-refractivity contribution in [2.24, 2.45) is 0 Å². The first-order chi connectivity index (χ1) is 15.9. The highest BCUT2D eigenvalue weighted by atomic mass is 19.1. The van der Waals surface area contributed by atoms with E-state index in [2.05, 4.69) is 15.5 Å². The van der Waals surface area contributed by atoms with E-state index in [0.717, 1.165) is 23.0 Å². The number of likely N-dealkylation sites (N-methyl/N-ethyl adjacent to an activating group) is 1. The molecule has 1 aromatic carbocycles. The van der Waals surface area contributed by atoms with Crippen LogP contribution in [0, 0.1) is 17.1 Å². The molecule has 2 aliphatic heterocycles. The first kappa shape index (κ1) is 20.7. The molecule has 1 atom stereocenters. The Labute approximate surface area is 188 Å². The number of rotatable bonds is 2. The Bertz CT molecular complexity index is 1280. The molecule has 2 aliphatic rings. The maximum atomic E-state index is 13.6. The summed E-state index contributed by atoms with van der Waals surface area (Å²) in [4.78, 5) is 29.3. The second kappa shape index (κ2) is 8.05. The van der Waals surface area contributed by atoms with Crippen molar-refractivity contribution in [1.29, 1.82) is 5.26 Å². The van der Waals surface area contributed by atoms with E-state index in [0.29, 0.717) is 37.4 Å². The highest BCUT2D eigenvalue weighted by Gasteiger charge is 2.35. The number of nitriles is 1. The average molecular weight is 448 g/mol. The fraction of sp³-hybridized carbons (Fsp3) is 0.318. The normalized spacial score (nSPS) is 17.7. The third kappa shape index (κ3) is 3.69. The molecule has 33 heavy (non-hydrogen) atoms. The molecule has 0 spiro atoms. The Morgan fingerprint density at radius 3 is 2.94 bits per heavy atom. The molecule has 1 unspecified atom stereocenters. The predicted octanol–water partition coefficient (Wildman–Crippen LogP) is 2.08. The second-order valence-electron chi connectivity index (χ2n) is 8.26. The van der Waals surface area contributed by atoms with E-state index in [1.54, 1.807) is 33.8 Å². The van der Waals surface area contributed by atoms with Crippen molar-refractivity contribution in [3.05, 3.63) is 64.5 Å². The Hall–Kier alpha value is -4.20. The lowest BCUT2D eigenvalue weighted by Crippen LogP contribution is -2.39. The van der Waals surface area contributed by atoms with Gasteiger partial charge in [-0.25, -0.2) is 9.18 Å². The smallest absolute Gasteiger partial charge is 0.322 e. The minimum atomic E-state index is -0.642. The molecule has 2 N–H and O–H groups in total. The van der Waals surface area contributed by atoms with Gasteiger partial charge < -0.3 is 15.1 Å². The molecule has 0 bridgehead atoms. The van der Waals surface area contributed by atoms with Crippen LogP contribution in [-0.2, 0) is 19.5 Å². The van der Waals surface area contributed by atoms with Gasteiger partial charge in [0.25, 0.3) is 5.91 Å². The molecule has 4 heterocycles. The van der Waals surface area contributed by atoms with E-state index in [9.17, 15) is 14.0 Å². The number of hydrogen-bond donors (Lipinski definition) is 2. The standard InChI is InChI=1S/C22H21FN8O2/c1-29-10-14(18-4-6-25-27-18)11-31-20(21(29)32)16-12-30(7-5-19(16)28-31)22(33)26-15-2-3-17(23)13(8-15)9-24/h2-4,6,8,14H,5,7,10-12H2,1H3,(H,25,27)(H,26,33). The lowest BCUT2D eigenvalue weighted by Gasteiger charge is -2.27. The van der Waals surface area contributed by atoms with Crippen molar-refractivity contribution in [3.8, 4) is 6.07 Å². The molecule has 10 nitrogen and oxygen atoms in total. The van der Waals surface area contributed by atoms with Crippen LogP contribution in [0.2, 0.25) is 0 Å². The van der Waals surface area contributed by atoms with Gasteiger partial charge in [-0.1, -0.05) is 0 Å². The molecule has 0 radical (unpaired) electrons. The number of anilines is 1. The predicted molar refractivity (Wildman–Crippen MR) is 115 cm³/mol. The summed E-state index contributed by atoms with van der Waals surface area (Å²) in [6, 6.07) is 7.12. The Balaban J connectivity index is 1.39. The van der Waals surface area contributed by atoms with E-state index in [4.69, 9.17) is 10.4 Å². The van der Waals surface area contributed by atoms with Gasteiger partial charge in [-0.05, 0) is 24.3 Å². The molecule has 168 valence electrons. The van der Waals surface area contributed by atoms with Crippen molar-refractivity contribution in [2.45, 2.75) is 25.4 Å². The summed E-state index contributed by atoms with van der Waals surface area (Å²) in [5, 5.41) is 23.4. The number of urea groups is 1. The largest absolute Gasteiger partial charge is 0.340 e. The van der Waals surface area contributed by atoms with Gasteiger partial charge in [-0.15, -0.1) is 0 Å². The number of nitrogens with zero attached hydrogens (tertiary/aromatic N) is 6. The summed E-state index contributed by atoms with van der Waals surface area (Å²) in [5.74, 6) is -0.752. The van der Waals surface area contributed by atoms with Crippen LogP contribution >= 0.6 is 0 Å². The van der Waals surface area contributed by atoms with Crippen molar-refractivity contribution in [3.63, 3.8) is 0 Å². The van der Waals surface area contributed by atoms with Gasteiger partial charge in [-0.3, -0.25) is 14.6 Å². The highest BCUT2D eigenvalue weighted by molar-refractivity contribution is 5.95. The fourth-order valence-corrected chi connectivity index (χ4v) is 4.41. The van der Waals surface area contributed by atoms with Crippen LogP contribution in [0.1, 0.15) is 38.9 Å². The number of aromatic amines is 1. The van der Waals surface area contributed by atoms with Crippen LogP contribution in [0.3, 0.4) is 0 Å². The van der Waals surface area contributed by atoms with Gasteiger partial charge in [0, 0.05) is 55.6 Å². The third-order valence-electron chi connectivity index (χ3n) is 6.13. The second-order valence-corrected chi connectivity index (χ2v) is 8.26. The van der Waals surface area contributed by atoms with Gasteiger partial charge in [0.1, 0.15) is 17.6 Å². The highest BCUT2D eigenvalue weighted by Crippen LogP contribution is 2.29. The summed E-state index contributed by atoms with van der Waals surface area (Å²) < 4.78 is 15.3. The van der Waals surface area contributed by atoms with E-state index < -0.39 is 5.82 Å². The first-order valence-corrected chi connectivity index (χ1v) is 10.5. The summed E-state index contributed by atoms with van der Waals surface area (Å²) in [5.41, 5.74) is 3.19. The zero-order valence-corrected chi connectivity index (χ0v) is 17.9. The van der Waals surface area contributed by atoms with Crippen LogP contribution in [0.5, 0.6) is 0 Å². The molecule has 0 fully saturated rings. The zero-order chi connectivity index (χ0) is 23.1. The van der Waals surface area contributed by atoms with E-state index in [1.807, 2.05) is 6.07 Å². The van der Waals surface area contributed by atoms with Crippen molar-refractivity contribution in [1.82, 2.24) is 29.8 Å². The number of halogens is 1. The van der Waals surface area contributed by atoms with Crippen LogP contribution in [0.4, 0.5) is 14.9 Å². The van der Waals surface area contributed by atoms with Crippen molar-refractivity contribution < 1.29 is 14.0 Å².